The molecular formula is C5H4BF3N2O. The average Bonchev–Trinajstić information content (AvgIpc) is 2.01. The van der Waals surface area contributed by atoms with Gasteiger partial charge in [-0.25, -0.2) is 8.78 Å². The maximum atomic E-state index is 12.5. The van der Waals surface area contributed by atoms with Gasteiger partial charge in [0, 0.05) is 0 Å². The van der Waals surface area contributed by atoms with Crippen LogP contribution in [-0.4, -0.2) is 27.0 Å². The lowest BCUT2D eigenvalue weighted by Crippen LogP contribution is -2.31. The Morgan fingerprint density at radius 3 is 2.83 bits per heavy atom. The van der Waals surface area contributed by atoms with E-state index in [4.69, 9.17) is 7.85 Å². The van der Waals surface area contributed by atoms with Gasteiger partial charge in [0.15, 0.2) is 5.95 Å². The molecule has 0 saturated heterocycles. The van der Waals surface area contributed by atoms with Crippen LogP contribution in [-0.2, 0) is 4.74 Å². The van der Waals surface area contributed by atoms with E-state index in [-0.39, 0.29) is 0 Å². The van der Waals surface area contributed by atoms with Crippen molar-refractivity contribution in [3.05, 3.63) is 11.4 Å². The van der Waals surface area contributed by atoms with Crippen LogP contribution < -0.4 is 5.32 Å². The topological polar surface area (TPSA) is 33.6 Å². The summed E-state index contributed by atoms with van der Waals surface area (Å²) in [6.07, 6.45) is -2.02. The minimum atomic E-state index is -2.02. The SMILES string of the molecule is [B]C1=C(F)NC(OCF)=NC1F. The second-order valence-corrected chi connectivity index (χ2v) is 1.92. The normalized spacial score (nSPS) is 23.2. The number of hydrogen-bond donors (Lipinski definition) is 1. The van der Waals surface area contributed by atoms with E-state index in [2.05, 4.69) is 9.73 Å². The molecule has 2 radical (unpaired) electrons. The van der Waals surface area contributed by atoms with E-state index in [0.29, 0.717) is 0 Å². The van der Waals surface area contributed by atoms with Crippen LogP contribution in [0.2, 0.25) is 0 Å². The van der Waals surface area contributed by atoms with Crippen LogP contribution >= 0.6 is 0 Å². The van der Waals surface area contributed by atoms with Gasteiger partial charge in [-0.15, -0.1) is 0 Å². The highest BCUT2D eigenvalue weighted by Crippen LogP contribution is 2.14. The maximum Gasteiger partial charge on any atom is 0.296 e. The molecule has 0 saturated carbocycles. The largest absolute Gasteiger partial charge is 0.433 e. The number of rotatable bonds is 1. The Kier molecular flexibility index (Phi) is 2.62. The Morgan fingerprint density at radius 1 is 1.67 bits per heavy atom. The quantitative estimate of drug-likeness (QED) is 0.465. The minimum absolute atomic E-state index is 0.559. The molecule has 0 aromatic heterocycles. The molecule has 1 rings (SSSR count). The summed E-state index contributed by atoms with van der Waals surface area (Å²) in [7, 11) is 4.89. The Morgan fingerprint density at radius 2 is 2.33 bits per heavy atom. The van der Waals surface area contributed by atoms with Gasteiger partial charge >= 0.3 is 0 Å². The van der Waals surface area contributed by atoms with Crippen LogP contribution in [0.3, 0.4) is 0 Å². The molecule has 1 heterocycles. The summed E-state index contributed by atoms with van der Waals surface area (Å²) in [5.41, 5.74) is -0.679. The Bertz CT molecular complexity index is 243. The first-order chi connectivity index (χ1) is 5.65. The Balaban J connectivity index is 2.69. The third kappa shape index (κ3) is 1.72. The van der Waals surface area contributed by atoms with E-state index in [9.17, 15) is 13.2 Å². The molecule has 1 aliphatic heterocycles. The highest BCUT2D eigenvalue weighted by atomic mass is 19.1. The smallest absolute Gasteiger partial charge is 0.296 e. The van der Waals surface area contributed by atoms with Gasteiger partial charge in [-0.1, -0.05) is 0 Å². The summed E-state index contributed by atoms with van der Waals surface area (Å²) < 4.78 is 40.6. The van der Waals surface area contributed by atoms with Gasteiger partial charge in [0.25, 0.3) is 6.02 Å². The van der Waals surface area contributed by atoms with Crippen molar-refractivity contribution in [3.63, 3.8) is 0 Å². The van der Waals surface area contributed by atoms with Crippen LogP contribution in [0.25, 0.3) is 0 Å². The summed E-state index contributed by atoms with van der Waals surface area (Å²) in [4.78, 5) is 3.06. The van der Waals surface area contributed by atoms with Gasteiger partial charge in [0.2, 0.25) is 13.2 Å². The zero-order chi connectivity index (χ0) is 9.14. The van der Waals surface area contributed by atoms with Gasteiger partial charge in [-0.3, -0.25) is 5.32 Å². The lowest BCUT2D eigenvalue weighted by Gasteiger charge is -2.16. The monoisotopic (exact) mass is 176 g/mol. The predicted octanol–water partition coefficient (Wildman–Crippen LogP) is 0.492. The second kappa shape index (κ2) is 3.51. The summed E-state index contributed by atoms with van der Waals surface area (Å²) in [6, 6.07) is -0.559. The van der Waals surface area contributed by atoms with E-state index < -0.39 is 30.6 Å². The second-order valence-electron chi connectivity index (χ2n) is 1.92. The maximum absolute atomic E-state index is 12.5. The number of amidine groups is 1. The van der Waals surface area contributed by atoms with E-state index in [1.165, 1.54) is 0 Å². The summed E-state index contributed by atoms with van der Waals surface area (Å²) in [5, 5.41) is 1.83. The van der Waals surface area contributed by atoms with Crippen molar-refractivity contribution < 1.29 is 17.9 Å². The van der Waals surface area contributed by atoms with Crippen molar-refractivity contribution in [1.29, 1.82) is 0 Å². The molecule has 0 aromatic carbocycles. The zero-order valence-corrected chi connectivity index (χ0v) is 5.85. The molecule has 1 unspecified atom stereocenters. The van der Waals surface area contributed by atoms with Gasteiger partial charge in [0.05, 0.1) is 0 Å². The summed E-state index contributed by atoms with van der Waals surface area (Å²) in [5.74, 6) is -1.11. The van der Waals surface area contributed by atoms with Crippen LogP contribution in [0.4, 0.5) is 13.2 Å². The van der Waals surface area contributed by atoms with Crippen molar-refractivity contribution in [3.8, 4) is 0 Å². The van der Waals surface area contributed by atoms with Gasteiger partial charge in [-0.05, 0) is 5.47 Å². The Hall–Kier alpha value is -1.14. The van der Waals surface area contributed by atoms with Crippen LogP contribution in [0.15, 0.2) is 16.4 Å². The molecule has 0 fully saturated rings. The van der Waals surface area contributed by atoms with Crippen LogP contribution in [0.5, 0.6) is 0 Å². The first-order valence-electron chi connectivity index (χ1n) is 2.98. The molecule has 0 amide bonds. The molecule has 7 heteroatoms. The first kappa shape index (κ1) is 8.96. The molecule has 64 valence electrons. The highest BCUT2D eigenvalue weighted by Gasteiger charge is 2.20. The van der Waals surface area contributed by atoms with Crippen molar-refractivity contribution in [2.24, 2.45) is 4.99 Å². The van der Waals surface area contributed by atoms with E-state index in [0.717, 1.165) is 0 Å². The number of ether oxygens (including phenoxy) is 1. The third-order valence-electron chi connectivity index (χ3n) is 1.15. The Labute approximate surface area is 67.7 Å². The molecular weight excluding hydrogens is 172 g/mol. The molecule has 1 atom stereocenters. The number of alkyl halides is 2. The highest BCUT2D eigenvalue weighted by molar-refractivity contribution is 6.23. The molecule has 1 aliphatic rings. The average molecular weight is 176 g/mol. The van der Waals surface area contributed by atoms with Gasteiger partial charge in [-0.2, -0.15) is 9.38 Å². The van der Waals surface area contributed by atoms with E-state index >= 15 is 0 Å². The first-order valence-corrected chi connectivity index (χ1v) is 2.98. The summed E-state index contributed by atoms with van der Waals surface area (Å²) >= 11 is 0. The van der Waals surface area contributed by atoms with Crippen molar-refractivity contribution >= 4 is 13.9 Å². The molecule has 0 aliphatic carbocycles. The van der Waals surface area contributed by atoms with Crippen molar-refractivity contribution in [2.75, 3.05) is 6.86 Å². The third-order valence-corrected chi connectivity index (χ3v) is 1.15. The number of hydrogen-bond acceptors (Lipinski definition) is 3. The lowest BCUT2D eigenvalue weighted by atomic mass is 9.95. The fourth-order valence-corrected chi connectivity index (χ4v) is 0.600. The zero-order valence-electron chi connectivity index (χ0n) is 5.85. The fraction of sp³-hybridized carbons (Fsp3) is 0.400. The molecule has 0 aromatic rings. The predicted molar refractivity (Wildman–Crippen MR) is 36.4 cm³/mol. The van der Waals surface area contributed by atoms with Crippen molar-refractivity contribution in [2.45, 2.75) is 6.30 Å². The lowest BCUT2D eigenvalue weighted by molar-refractivity contribution is 0.166. The standard InChI is InChI=1S/C5H4BF3N2O/c6-2-3(8)10-5(12-1-7)11-4(2)9/h3H,1H2,(H,10,11). The molecule has 3 nitrogen and oxygen atoms in total. The fourth-order valence-electron chi connectivity index (χ4n) is 0.600. The van der Waals surface area contributed by atoms with Gasteiger partial charge < -0.3 is 4.74 Å². The van der Waals surface area contributed by atoms with Crippen molar-refractivity contribution in [1.82, 2.24) is 5.32 Å². The van der Waals surface area contributed by atoms with Crippen LogP contribution in [0.1, 0.15) is 0 Å². The van der Waals surface area contributed by atoms with E-state index in [1.807, 2.05) is 5.32 Å². The van der Waals surface area contributed by atoms with Crippen LogP contribution in [0, 0.1) is 0 Å². The molecule has 12 heavy (non-hydrogen) atoms. The van der Waals surface area contributed by atoms with E-state index in [1.54, 1.807) is 0 Å². The molecule has 0 spiro atoms. The van der Waals surface area contributed by atoms with Gasteiger partial charge in [0.1, 0.15) is 7.85 Å². The molecule has 0 bridgehead atoms. The molecule has 1 N–H and O–H groups in total. The number of halogens is 3. The summed E-state index contributed by atoms with van der Waals surface area (Å²) in [6.45, 7) is -1.22. The number of nitrogens with one attached hydrogen (secondary N) is 1. The number of nitrogens with zero attached hydrogens (tertiary/aromatic N) is 1. The minimum Gasteiger partial charge on any atom is -0.433 e. The number of aliphatic imine (C=N–C) groups is 1.